The van der Waals surface area contributed by atoms with E-state index in [1.54, 1.807) is 4.68 Å². The van der Waals surface area contributed by atoms with Crippen LogP contribution in [0.3, 0.4) is 0 Å². The van der Waals surface area contributed by atoms with Gasteiger partial charge in [0.05, 0.1) is 17.6 Å². The van der Waals surface area contributed by atoms with Gasteiger partial charge >= 0.3 is 0 Å². The fourth-order valence-electron chi connectivity index (χ4n) is 2.75. The number of anilines is 3. The average molecular weight is 333 g/mol. The van der Waals surface area contributed by atoms with Crippen LogP contribution in [0.4, 0.5) is 17.2 Å². The molecule has 1 aliphatic rings. The number of para-hydroxylation sites is 1. The highest BCUT2D eigenvalue weighted by molar-refractivity contribution is 7.81. The fraction of sp³-hybridized carbons (Fsp3) is 0.214. The molecule has 0 fully saturated rings. The lowest BCUT2D eigenvalue weighted by molar-refractivity contribution is 0.779. The van der Waals surface area contributed by atoms with Crippen LogP contribution in [-0.2, 0) is 13.5 Å². The van der Waals surface area contributed by atoms with Gasteiger partial charge in [0.1, 0.15) is 5.52 Å². The Balaban J connectivity index is 1.84. The maximum absolute atomic E-state index is 6.02. The molecule has 0 radical (unpaired) electrons. The summed E-state index contributed by atoms with van der Waals surface area (Å²) in [5, 5.41) is 7.92. The lowest BCUT2D eigenvalue weighted by Gasteiger charge is -2.16. The van der Waals surface area contributed by atoms with Gasteiger partial charge in [-0.05, 0) is 29.7 Å². The molecule has 2 aromatic heterocycles. The lowest BCUT2D eigenvalue weighted by atomic mass is 10.1. The summed E-state index contributed by atoms with van der Waals surface area (Å²) in [6.45, 7) is 0.890. The summed E-state index contributed by atoms with van der Waals surface area (Å²) in [4.78, 5) is 8.48. The zero-order valence-corrected chi connectivity index (χ0v) is 13.4. The molecule has 4 rings (SSSR count). The fourth-order valence-corrected chi connectivity index (χ4v) is 3.26. The van der Waals surface area contributed by atoms with Gasteiger partial charge in [0.2, 0.25) is 5.28 Å². The zero-order valence-electron chi connectivity index (χ0n) is 11.8. The number of aryl methyl sites for hydroxylation is 1. The van der Waals surface area contributed by atoms with Gasteiger partial charge < -0.3 is 9.62 Å². The summed E-state index contributed by atoms with van der Waals surface area (Å²) in [5.41, 5.74) is 4.67. The molecule has 112 valence electrons. The first-order chi connectivity index (χ1) is 10.6. The van der Waals surface area contributed by atoms with E-state index in [1.807, 2.05) is 29.7 Å². The number of halogens is 1. The molecule has 1 aliphatic heterocycles. The molecular weight excluding hydrogens is 320 g/mol. The molecule has 0 amide bonds. The van der Waals surface area contributed by atoms with Gasteiger partial charge in [-0.3, -0.25) is 4.68 Å². The maximum Gasteiger partial charge on any atom is 0.225 e. The quantitative estimate of drug-likeness (QED) is 0.558. The van der Waals surface area contributed by atoms with Crippen molar-refractivity contribution in [2.75, 3.05) is 16.2 Å². The predicted octanol–water partition coefficient (Wildman–Crippen LogP) is 2.97. The monoisotopic (exact) mass is 332 g/mol. The summed E-state index contributed by atoms with van der Waals surface area (Å²) in [5.74, 6) is 0.595. The number of nitrogens with one attached hydrogen (secondary N) is 1. The van der Waals surface area contributed by atoms with Crippen molar-refractivity contribution in [1.29, 1.82) is 0 Å². The first-order valence-electron chi connectivity index (χ1n) is 6.84. The summed E-state index contributed by atoms with van der Waals surface area (Å²) < 4.78 is 3.64. The summed E-state index contributed by atoms with van der Waals surface area (Å²) in [7, 11) is 1.84. The van der Waals surface area contributed by atoms with Crippen LogP contribution in [0.5, 0.6) is 0 Å². The van der Waals surface area contributed by atoms with Crippen LogP contribution in [0.15, 0.2) is 24.4 Å². The Morgan fingerprint density at radius 2 is 2.18 bits per heavy atom. The molecule has 8 heteroatoms. The predicted molar refractivity (Wildman–Crippen MR) is 91.1 cm³/mol. The topological polar surface area (TPSA) is 58.9 Å². The van der Waals surface area contributed by atoms with Gasteiger partial charge in [0.25, 0.3) is 0 Å². The first kappa shape index (κ1) is 13.7. The van der Waals surface area contributed by atoms with Crippen LogP contribution < -0.4 is 9.62 Å². The van der Waals surface area contributed by atoms with Crippen LogP contribution in [0, 0.1) is 0 Å². The van der Waals surface area contributed by atoms with Crippen LogP contribution in [-0.4, -0.2) is 26.3 Å². The number of benzene rings is 1. The van der Waals surface area contributed by atoms with Crippen LogP contribution >= 0.6 is 24.4 Å². The third-order valence-electron chi connectivity index (χ3n) is 3.67. The van der Waals surface area contributed by atoms with E-state index in [1.165, 1.54) is 5.56 Å². The number of hydrogen-bond acceptors (Lipinski definition) is 6. The Morgan fingerprint density at radius 1 is 1.32 bits per heavy atom. The molecule has 0 atom stereocenters. The third-order valence-corrected chi connectivity index (χ3v) is 4.24. The number of thiol groups is 1. The van der Waals surface area contributed by atoms with Crippen molar-refractivity contribution >= 4 is 52.6 Å². The maximum atomic E-state index is 6.02. The molecule has 0 aliphatic carbocycles. The van der Waals surface area contributed by atoms with Gasteiger partial charge in [-0.1, -0.05) is 24.9 Å². The molecule has 6 nitrogen and oxygen atoms in total. The second kappa shape index (κ2) is 5.03. The van der Waals surface area contributed by atoms with E-state index in [2.05, 4.69) is 39.3 Å². The van der Waals surface area contributed by atoms with E-state index in [-0.39, 0.29) is 5.28 Å². The standard InChI is InChI=1S/C14H13ClN6S/c1-20-7-10-11(19-20)13(18-14(15)17-10)16-9-4-2-3-8-5-6-21(22)12(8)9/h2-4,7,22H,5-6H2,1H3,(H,16,17,18). The highest BCUT2D eigenvalue weighted by atomic mass is 35.5. The SMILES string of the molecule is Cn1cc2nc(Cl)nc(Nc3cccc4c3N(S)CC4)c2n1. The number of hydrogen-bond donors (Lipinski definition) is 2. The molecule has 0 unspecified atom stereocenters. The van der Waals surface area contributed by atoms with Gasteiger partial charge in [-0.25, -0.2) is 4.98 Å². The van der Waals surface area contributed by atoms with Crippen molar-refractivity contribution in [3.63, 3.8) is 0 Å². The highest BCUT2D eigenvalue weighted by Crippen LogP contribution is 2.38. The van der Waals surface area contributed by atoms with E-state index in [0.717, 1.165) is 24.3 Å². The Bertz CT molecular complexity index is 877. The van der Waals surface area contributed by atoms with E-state index < -0.39 is 0 Å². The number of fused-ring (bicyclic) bond motifs is 2. The van der Waals surface area contributed by atoms with Crippen molar-refractivity contribution in [2.24, 2.45) is 7.05 Å². The lowest BCUT2D eigenvalue weighted by Crippen LogP contribution is -2.07. The van der Waals surface area contributed by atoms with Crippen molar-refractivity contribution < 1.29 is 0 Å². The Kier molecular flexibility index (Phi) is 3.12. The van der Waals surface area contributed by atoms with Gasteiger partial charge in [-0.2, -0.15) is 10.1 Å². The van der Waals surface area contributed by atoms with Crippen LogP contribution in [0.2, 0.25) is 5.28 Å². The second-order valence-corrected chi connectivity index (χ2v) is 6.01. The molecule has 22 heavy (non-hydrogen) atoms. The average Bonchev–Trinajstić information content (AvgIpc) is 3.02. The molecule has 0 saturated carbocycles. The second-order valence-electron chi connectivity index (χ2n) is 5.19. The van der Waals surface area contributed by atoms with Crippen LogP contribution in [0.25, 0.3) is 11.0 Å². The van der Waals surface area contributed by atoms with Gasteiger partial charge in [0.15, 0.2) is 11.3 Å². The minimum atomic E-state index is 0.193. The summed E-state index contributed by atoms with van der Waals surface area (Å²) in [6, 6.07) is 6.13. The van der Waals surface area contributed by atoms with Crippen LogP contribution in [0.1, 0.15) is 5.56 Å². The molecule has 0 bridgehead atoms. The molecule has 0 spiro atoms. The van der Waals surface area contributed by atoms with Crippen molar-refractivity contribution in [3.05, 3.63) is 35.2 Å². The Morgan fingerprint density at radius 3 is 3.05 bits per heavy atom. The zero-order chi connectivity index (χ0) is 15.3. The normalized spacial score (nSPS) is 13.7. The molecule has 3 heterocycles. The van der Waals surface area contributed by atoms with E-state index >= 15 is 0 Å². The molecule has 0 saturated heterocycles. The Labute approximate surface area is 137 Å². The molecule has 1 aromatic carbocycles. The summed E-state index contributed by atoms with van der Waals surface area (Å²) >= 11 is 10.5. The van der Waals surface area contributed by atoms with Crippen molar-refractivity contribution in [3.8, 4) is 0 Å². The van der Waals surface area contributed by atoms with Gasteiger partial charge in [0, 0.05) is 13.6 Å². The molecule has 1 N–H and O–H groups in total. The highest BCUT2D eigenvalue weighted by Gasteiger charge is 2.21. The van der Waals surface area contributed by atoms with Gasteiger partial charge in [-0.15, -0.1) is 0 Å². The first-order valence-corrected chi connectivity index (χ1v) is 7.62. The molecular formula is C14H13ClN6S. The van der Waals surface area contributed by atoms with E-state index in [9.17, 15) is 0 Å². The number of rotatable bonds is 2. The number of aromatic nitrogens is 4. The summed E-state index contributed by atoms with van der Waals surface area (Å²) in [6.07, 6.45) is 2.80. The largest absolute Gasteiger partial charge is 0.336 e. The van der Waals surface area contributed by atoms with E-state index in [0.29, 0.717) is 16.9 Å². The van der Waals surface area contributed by atoms with Crippen molar-refractivity contribution in [1.82, 2.24) is 19.7 Å². The Hall–Kier alpha value is -1.99. The van der Waals surface area contributed by atoms with Crippen molar-refractivity contribution in [2.45, 2.75) is 6.42 Å². The minimum Gasteiger partial charge on any atom is -0.336 e. The molecule has 3 aromatic rings. The third kappa shape index (κ3) is 2.17. The smallest absolute Gasteiger partial charge is 0.225 e. The number of nitrogens with zero attached hydrogens (tertiary/aromatic N) is 5. The van der Waals surface area contributed by atoms with E-state index in [4.69, 9.17) is 11.6 Å². The minimum absolute atomic E-state index is 0.193.